The van der Waals surface area contributed by atoms with Crippen LogP contribution in [0.3, 0.4) is 0 Å². The number of carbonyl (C=O) groups is 2. The molecule has 0 radical (unpaired) electrons. The first kappa shape index (κ1) is 15.2. The van der Waals surface area contributed by atoms with E-state index in [4.69, 9.17) is 5.11 Å². The molecule has 0 heterocycles. The summed E-state index contributed by atoms with van der Waals surface area (Å²) in [5, 5.41) is 20.8. The Hall–Kier alpha value is -0.750. The lowest BCUT2D eigenvalue weighted by Crippen LogP contribution is -2.42. The van der Waals surface area contributed by atoms with Gasteiger partial charge in [0.25, 0.3) is 0 Å². The Kier molecular flexibility index (Phi) is 7.16. The standard InChI is InChI=1S/C10H19NO4S/c1-3-10(15,4-2)7-11-8(12)5-16-6-9(13)14/h15H,3-7H2,1-2H3,(H,11,12)(H,13,14). The Bertz CT molecular complexity index is 241. The van der Waals surface area contributed by atoms with Gasteiger partial charge in [-0.2, -0.15) is 0 Å². The maximum absolute atomic E-state index is 11.3. The van der Waals surface area contributed by atoms with Gasteiger partial charge in [-0.25, -0.2) is 0 Å². The van der Waals surface area contributed by atoms with Crippen molar-refractivity contribution in [2.45, 2.75) is 32.3 Å². The van der Waals surface area contributed by atoms with Gasteiger partial charge in [0.1, 0.15) is 0 Å². The molecule has 0 rings (SSSR count). The number of aliphatic hydroxyl groups is 1. The lowest BCUT2D eigenvalue weighted by Gasteiger charge is -2.25. The molecule has 3 N–H and O–H groups in total. The Morgan fingerprint density at radius 3 is 2.25 bits per heavy atom. The van der Waals surface area contributed by atoms with Crippen molar-refractivity contribution in [3.63, 3.8) is 0 Å². The maximum atomic E-state index is 11.3. The molecule has 0 fully saturated rings. The minimum atomic E-state index is -0.934. The SMILES string of the molecule is CCC(O)(CC)CNC(=O)CSCC(=O)O. The molecule has 0 aliphatic carbocycles. The van der Waals surface area contributed by atoms with Crippen molar-refractivity contribution in [2.75, 3.05) is 18.1 Å². The van der Waals surface area contributed by atoms with Crippen LogP contribution in [0.4, 0.5) is 0 Å². The summed E-state index contributed by atoms with van der Waals surface area (Å²) in [5.41, 5.74) is -0.854. The number of carbonyl (C=O) groups excluding carboxylic acids is 1. The van der Waals surface area contributed by atoms with Crippen LogP contribution >= 0.6 is 11.8 Å². The van der Waals surface area contributed by atoms with Gasteiger partial charge in [0, 0.05) is 6.54 Å². The van der Waals surface area contributed by atoms with Crippen molar-refractivity contribution in [3.05, 3.63) is 0 Å². The first-order valence-electron chi connectivity index (χ1n) is 5.22. The summed E-state index contributed by atoms with van der Waals surface area (Å²) in [4.78, 5) is 21.5. The molecule has 0 aromatic rings. The molecule has 5 nitrogen and oxygen atoms in total. The molecule has 1 amide bonds. The van der Waals surface area contributed by atoms with E-state index in [0.29, 0.717) is 12.8 Å². The van der Waals surface area contributed by atoms with Gasteiger partial charge in [-0.3, -0.25) is 9.59 Å². The van der Waals surface area contributed by atoms with Crippen LogP contribution in [0.2, 0.25) is 0 Å². The highest BCUT2D eigenvalue weighted by Gasteiger charge is 2.22. The third-order valence-corrected chi connectivity index (χ3v) is 3.31. The van der Waals surface area contributed by atoms with Gasteiger partial charge >= 0.3 is 5.97 Å². The smallest absolute Gasteiger partial charge is 0.313 e. The molecule has 16 heavy (non-hydrogen) atoms. The molecule has 94 valence electrons. The fourth-order valence-electron chi connectivity index (χ4n) is 1.05. The quantitative estimate of drug-likeness (QED) is 0.582. The number of hydrogen-bond acceptors (Lipinski definition) is 4. The molecule has 6 heteroatoms. The highest BCUT2D eigenvalue weighted by atomic mass is 32.2. The van der Waals surface area contributed by atoms with Gasteiger partial charge in [0.2, 0.25) is 5.91 Å². The fourth-order valence-corrected chi connectivity index (χ4v) is 1.61. The summed E-state index contributed by atoms with van der Waals surface area (Å²) >= 11 is 1.04. The van der Waals surface area contributed by atoms with Crippen LogP contribution in [-0.2, 0) is 9.59 Å². The molecular weight excluding hydrogens is 230 g/mol. The Morgan fingerprint density at radius 2 is 1.81 bits per heavy atom. The largest absolute Gasteiger partial charge is 0.481 e. The first-order valence-corrected chi connectivity index (χ1v) is 6.37. The highest BCUT2D eigenvalue weighted by Crippen LogP contribution is 2.12. The summed E-state index contributed by atoms with van der Waals surface area (Å²) in [6, 6.07) is 0. The highest BCUT2D eigenvalue weighted by molar-refractivity contribution is 8.00. The lowest BCUT2D eigenvalue weighted by atomic mass is 9.98. The van der Waals surface area contributed by atoms with E-state index in [1.54, 1.807) is 0 Å². The number of aliphatic carboxylic acids is 1. The van der Waals surface area contributed by atoms with Crippen LogP contribution in [0.25, 0.3) is 0 Å². The number of carboxylic acids is 1. The average molecular weight is 249 g/mol. The van der Waals surface area contributed by atoms with Crippen LogP contribution in [0.15, 0.2) is 0 Å². The second-order valence-electron chi connectivity index (χ2n) is 3.59. The van der Waals surface area contributed by atoms with E-state index >= 15 is 0 Å². The molecule has 0 aromatic heterocycles. The number of nitrogens with one attached hydrogen (secondary N) is 1. The zero-order valence-corrected chi connectivity index (χ0v) is 10.5. The average Bonchev–Trinajstić information content (AvgIpc) is 2.25. The Morgan fingerprint density at radius 1 is 1.25 bits per heavy atom. The molecule has 0 saturated carbocycles. The number of carboxylic acid groups (broad SMARTS) is 1. The molecule has 0 bridgehead atoms. The van der Waals surface area contributed by atoms with Gasteiger partial charge in [-0.1, -0.05) is 13.8 Å². The predicted molar refractivity (Wildman–Crippen MR) is 63.5 cm³/mol. The van der Waals surface area contributed by atoms with E-state index in [1.165, 1.54) is 0 Å². The fraction of sp³-hybridized carbons (Fsp3) is 0.800. The number of rotatable bonds is 8. The van der Waals surface area contributed by atoms with E-state index in [2.05, 4.69) is 5.32 Å². The van der Waals surface area contributed by atoms with E-state index in [9.17, 15) is 14.7 Å². The van der Waals surface area contributed by atoms with Crippen LogP contribution in [-0.4, -0.2) is 45.7 Å². The lowest BCUT2D eigenvalue weighted by molar-refractivity contribution is -0.133. The normalized spacial score (nSPS) is 11.2. The summed E-state index contributed by atoms with van der Waals surface area (Å²) in [7, 11) is 0. The van der Waals surface area contributed by atoms with Crippen molar-refractivity contribution in [1.82, 2.24) is 5.32 Å². The molecule has 0 saturated heterocycles. The van der Waals surface area contributed by atoms with Crippen molar-refractivity contribution in [3.8, 4) is 0 Å². The zero-order valence-electron chi connectivity index (χ0n) is 9.65. The molecular formula is C10H19NO4S. The van der Waals surface area contributed by atoms with Crippen LogP contribution < -0.4 is 5.32 Å². The third-order valence-electron chi connectivity index (χ3n) is 2.39. The number of hydrogen-bond donors (Lipinski definition) is 3. The van der Waals surface area contributed by atoms with Gasteiger partial charge in [0.15, 0.2) is 0 Å². The Balaban J connectivity index is 3.76. The molecule has 0 aliphatic heterocycles. The van der Waals surface area contributed by atoms with Crippen molar-refractivity contribution in [2.24, 2.45) is 0 Å². The molecule has 0 atom stereocenters. The number of amides is 1. The van der Waals surface area contributed by atoms with Gasteiger partial charge in [-0.15, -0.1) is 11.8 Å². The van der Waals surface area contributed by atoms with Gasteiger partial charge < -0.3 is 15.5 Å². The summed E-state index contributed by atoms with van der Waals surface area (Å²) in [6.45, 7) is 3.93. The third kappa shape index (κ3) is 6.68. The molecule has 0 spiro atoms. The predicted octanol–water partition coefficient (Wildman–Crippen LogP) is 0.471. The summed E-state index contributed by atoms with van der Waals surface area (Å²) in [5.74, 6) is -1.15. The Labute approximate surface area is 99.6 Å². The van der Waals surface area contributed by atoms with E-state index in [0.717, 1.165) is 11.8 Å². The van der Waals surface area contributed by atoms with E-state index in [-0.39, 0.29) is 24.0 Å². The summed E-state index contributed by atoms with van der Waals surface area (Å²) < 4.78 is 0. The van der Waals surface area contributed by atoms with Crippen molar-refractivity contribution in [1.29, 1.82) is 0 Å². The maximum Gasteiger partial charge on any atom is 0.313 e. The van der Waals surface area contributed by atoms with Crippen molar-refractivity contribution < 1.29 is 19.8 Å². The summed E-state index contributed by atoms with van der Waals surface area (Å²) in [6.07, 6.45) is 1.15. The molecule has 0 aromatic carbocycles. The van der Waals surface area contributed by atoms with Crippen molar-refractivity contribution >= 4 is 23.6 Å². The zero-order chi connectivity index (χ0) is 12.6. The first-order chi connectivity index (χ1) is 7.43. The van der Waals surface area contributed by atoms with Crippen LogP contribution in [0.1, 0.15) is 26.7 Å². The number of thioether (sulfide) groups is 1. The van der Waals surface area contributed by atoms with E-state index < -0.39 is 11.6 Å². The van der Waals surface area contributed by atoms with Gasteiger partial charge in [0.05, 0.1) is 17.1 Å². The minimum Gasteiger partial charge on any atom is -0.481 e. The van der Waals surface area contributed by atoms with Crippen LogP contribution in [0, 0.1) is 0 Å². The topological polar surface area (TPSA) is 86.6 Å². The minimum absolute atomic E-state index is 0.0841. The second-order valence-corrected chi connectivity index (χ2v) is 4.58. The van der Waals surface area contributed by atoms with E-state index in [1.807, 2.05) is 13.8 Å². The molecule has 0 unspecified atom stereocenters. The van der Waals surface area contributed by atoms with Crippen LogP contribution in [0.5, 0.6) is 0 Å². The van der Waals surface area contributed by atoms with Gasteiger partial charge in [-0.05, 0) is 12.8 Å². The monoisotopic (exact) mass is 249 g/mol. The second kappa shape index (κ2) is 7.51. The molecule has 0 aliphatic rings.